The Balaban J connectivity index is 2.32. The highest BCUT2D eigenvalue weighted by Gasteiger charge is 2.14. The fourth-order valence-corrected chi connectivity index (χ4v) is 2.39. The van der Waals surface area contributed by atoms with Crippen LogP contribution in [0.25, 0.3) is 10.2 Å². The number of aliphatic hydroxyl groups excluding tert-OH is 1. The van der Waals surface area contributed by atoms with Crippen LogP contribution in [-0.2, 0) is 0 Å². The number of hydrogen-bond acceptors (Lipinski definition) is 5. The predicted molar refractivity (Wildman–Crippen MR) is 73.4 cm³/mol. The zero-order chi connectivity index (χ0) is 12.4. The molecule has 4 N–H and O–H groups in total. The lowest BCUT2D eigenvalue weighted by Gasteiger charge is -2.22. The summed E-state index contributed by atoms with van der Waals surface area (Å²) in [7, 11) is 0. The van der Waals surface area contributed by atoms with Crippen LogP contribution >= 0.6 is 11.3 Å². The van der Waals surface area contributed by atoms with Crippen LogP contribution in [0.4, 0.5) is 11.4 Å². The summed E-state index contributed by atoms with van der Waals surface area (Å²) in [6.45, 7) is 4.21. The lowest BCUT2D eigenvalue weighted by Crippen LogP contribution is -2.29. The van der Waals surface area contributed by atoms with E-state index in [9.17, 15) is 5.11 Å². The molecule has 0 spiro atoms. The minimum absolute atomic E-state index is 0.00776. The number of thiazole rings is 1. The molecule has 0 aliphatic carbocycles. The second-order valence-electron chi connectivity index (χ2n) is 4.40. The molecular formula is C12H17N3OS. The largest absolute Gasteiger partial charge is 0.395 e. The molecule has 1 aromatic carbocycles. The Hall–Kier alpha value is -1.33. The lowest BCUT2D eigenvalue weighted by atomic mass is 10.0. The second kappa shape index (κ2) is 4.89. The van der Waals surface area contributed by atoms with Crippen molar-refractivity contribution in [3.63, 3.8) is 0 Å². The first kappa shape index (κ1) is 12.1. The number of rotatable bonds is 4. The normalized spacial score (nSPS) is 13.2. The van der Waals surface area contributed by atoms with Crippen LogP contribution in [-0.4, -0.2) is 22.7 Å². The number of nitrogens with zero attached hydrogens (tertiary/aromatic N) is 1. The molecule has 0 fully saturated rings. The Morgan fingerprint density at radius 2 is 2.24 bits per heavy atom. The maximum atomic E-state index is 9.31. The van der Waals surface area contributed by atoms with E-state index in [4.69, 9.17) is 5.73 Å². The first-order valence-corrected chi connectivity index (χ1v) is 6.50. The molecule has 0 aliphatic heterocycles. The van der Waals surface area contributed by atoms with Crippen LogP contribution in [0.15, 0.2) is 17.6 Å². The molecule has 1 aromatic heterocycles. The fourth-order valence-electron chi connectivity index (χ4n) is 1.70. The minimum atomic E-state index is 0.00776. The molecule has 0 saturated carbocycles. The molecule has 92 valence electrons. The highest BCUT2D eigenvalue weighted by molar-refractivity contribution is 7.16. The number of anilines is 2. The fraction of sp³-hybridized carbons (Fsp3) is 0.417. The van der Waals surface area contributed by atoms with E-state index < -0.39 is 0 Å². The summed E-state index contributed by atoms with van der Waals surface area (Å²) in [5, 5.41) is 12.6. The number of aliphatic hydroxyl groups is 1. The predicted octanol–water partition coefficient (Wildman–Crippen LogP) is 2.31. The standard InChI is InChI=1S/C12H17N3OS/c1-7(2)9(5-16)15-8-3-4-10-12(11(8)13)14-6-17-10/h3-4,6-7,9,15-16H,5,13H2,1-2H3. The van der Waals surface area contributed by atoms with E-state index in [1.807, 2.05) is 12.1 Å². The number of nitrogens with one attached hydrogen (secondary N) is 1. The van der Waals surface area contributed by atoms with Crippen molar-refractivity contribution >= 4 is 32.9 Å². The third-order valence-electron chi connectivity index (χ3n) is 2.88. The van der Waals surface area contributed by atoms with Crippen molar-refractivity contribution in [3.05, 3.63) is 17.6 Å². The third-order valence-corrected chi connectivity index (χ3v) is 3.68. The van der Waals surface area contributed by atoms with Crippen LogP contribution in [0.2, 0.25) is 0 Å². The van der Waals surface area contributed by atoms with Crippen LogP contribution in [0.1, 0.15) is 13.8 Å². The lowest BCUT2D eigenvalue weighted by molar-refractivity contribution is 0.249. The van der Waals surface area contributed by atoms with Gasteiger partial charge in [0.25, 0.3) is 0 Å². The Morgan fingerprint density at radius 3 is 2.88 bits per heavy atom. The van der Waals surface area contributed by atoms with Gasteiger partial charge in [0.2, 0.25) is 0 Å². The van der Waals surface area contributed by atoms with Crippen molar-refractivity contribution in [2.75, 3.05) is 17.7 Å². The van der Waals surface area contributed by atoms with Gasteiger partial charge >= 0.3 is 0 Å². The number of aromatic nitrogens is 1. The van der Waals surface area contributed by atoms with E-state index in [0.29, 0.717) is 11.6 Å². The van der Waals surface area contributed by atoms with Gasteiger partial charge in [-0.1, -0.05) is 13.8 Å². The van der Waals surface area contributed by atoms with Gasteiger partial charge in [-0.3, -0.25) is 0 Å². The Bertz CT molecular complexity index is 509. The van der Waals surface area contributed by atoms with Crippen molar-refractivity contribution in [2.24, 2.45) is 5.92 Å². The second-order valence-corrected chi connectivity index (χ2v) is 5.29. The van der Waals surface area contributed by atoms with Gasteiger partial charge in [-0.25, -0.2) is 4.98 Å². The zero-order valence-corrected chi connectivity index (χ0v) is 10.8. The maximum absolute atomic E-state index is 9.31. The summed E-state index contributed by atoms with van der Waals surface area (Å²) in [4.78, 5) is 4.25. The minimum Gasteiger partial charge on any atom is -0.395 e. The highest BCUT2D eigenvalue weighted by Crippen LogP contribution is 2.30. The van der Waals surface area contributed by atoms with Crippen molar-refractivity contribution in [1.29, 1.82) is 0 Å². The molecule has 17 heavy (non-hydrogen) atoms. The molecule has 1 unspecified atom stereocenters. The summed E-state index contributed by atoms with van der Waals surface area (Å²) in [5.74, 6) is 0.338. The van der Waals surface area contributed by atoms with E-state index in [-0.39, 0.29) is 12.6 Å². The molecule has 0 radical (unpaired) electrons. The SMILES string of the molecule is CC(C)C(CO)Nc1ccc2scnc2c1N. The molecule has 5 heteroatoms. The molecule has 2 aromatic rings. The topological polar surface area (TPSA) is 71.2 Å². The summed E-state index contributed by atoms with van der Waals surface area (Å²) >= 11 is 1.57. The Kier molecular flexibility index (Phi) is 3.49. The monoisotopic (exact) mass is 251 g/mol. The highest BCUT2D eigenvalue weighted by atomic mass is 32.1. The first-order chi connectivity index (χ1) is 8.13. The van der Waals surface area contributed by atoms with E-state index >= 15 is 0 Å². The van der Waals surface area contributed by atoms with Crippen LogP contribution < -0.4 is 11.1 Å². The number of nitrogens with two attached hydrogens (primary N) is 1. The Morgan fingerprint density at radius 1 is 1.47 bits per heavy atom. The molecule has 0 amide bonds. The van der Waals surface area contributed by atoms with Crippen molar-refractivity contribution in [1.82, 2.24) is 4.98 Å². The molecular weight excluding hydrogens is 234 g/mol. The van der Waals surface area contributed by atoms with Crippen LogP contribution in [0.3, 0.4) is 0 Å². The zero-order valence-electron chi connectivity index (χ0n) is 9.97. The summed E-state index contributed by atoms with van der Waals surface area (Å²) in [5.41, 5.74) is 10.2. The van der Waals surface area contributed by atoms with Gasteiger partial charge in [-0.2, -0.15) is 0 Å². The molecule has 0 bridgehead atoms. The van der Waals surface area contributed by atoms with Gasteiger partial charge in [-0.05, 0) is 18.1 Å². The van der Waals surface area contributed by atoms with E-state index in [2.05, 4.69) is 24.1 Å². The van der Waals surface area contributed by atoms with E-state index in [1.165, 1.54) is 0 Å². The molecule has 1 atom stereocenters. The quantitative estimate of drug-likeness (QED) is 0.729. The van der Waals surface area contributed by atoms with Crippen molar-refractivity contribution < 1.29 is 5.11 Å². The molecule has 2 rings (SSSR count). The van der Waals surface area contributed by atoms with Gasteiger partial charge < -0.3 is 16.2 Å². The van der Waals surface area contributed by atoms with Crippen LogP contribution in [0.5, 0.6) is 0 Å². The van der Waals surface area contributed by atoms with Crippen molar-refractivity contribution in [2.45, 2.75) is 19.9 Å². The third kappa shape index (κ3) is 2.35. The average molecular weight is 251 g/mol. The van der Waals surface area contributed by atoms with Gasteiger partial charge in [0.15, 0.2) is 0 Å². The molecule has 0 saturated heterocycles. The van der Waals surface area contributed by atoms with E-state index in [0.717, 1.165) is 15.9 Å². The number of benzene rings is 1. The number of hydrogen-bond donors (Lipinski definition) is 3. The number of nitrogen functional groups attached to an aromatic ring is 1. The summed E-state index contributed by atoms with van der Waals surface area (Å²) in [6, 6.07) is 3.95. The molecule has 0 aliphatic rings. The molecule has 1 heterocycles. The van der Waals surface area contributed by atoms with Crippen molar-refractivity contribution in [3.8, 4) is 0 Å². The van der Waals surface area contributed by atoms with E-state index in [1.54, 1.807) is 16.8 Å². The smallest absolute Gasteiger partial charge is 0.106 e. The van der Waals surface area contributed by atoms with Gasteiger partial charge in [0, 0.05) is 0 Å². The average Bonchev–Trinajstić information content (AvgIpc) is 2.76. The van der Waals surface area contributed by atoms with Gasteiger partial charge in [-0.15, -0.1) is 11.3 Å². The summed E-state index contributed by atoms with van der Waals surface area (Å²) in [6.07, 6.45) is 0. The maximum Gasteiger partial charge on any atom is 0.106 e. The van der Waals surface area contributed by atoms with Gasteiger partial charge in [0.1, 0.15) is 5.52 Å². The molecule has 4 nitrogen and oxygen atoms in total. The first-order valence-electron chi connectivity index (χ1n) is 5.62. The van der Waals surface area contributed by atoms with Gasteiger partial charge in [0.05, 0.1) is 34.2 Å². The van der Waals surface area contributed by atoms with Crippen LogP contribution in [0, 0.1) is 5.92 Å². The Labute approximate surface area is 104 Å². The number of fused-ring (bicyclic) bond motifs is 1. The summed E-state index contributed by atoms with van der Waals surface area (Å²) < 4.78 is 1.08.